The summed E-state index contributed by atoms with van der Waals surface area (Å²) < 4.78 is 0. The van der Waals surface area contributed by atoms with Crippen molar-refractivity contribution in [3.05, 3.63) is 59.7 Å². The molecule has 0 aromatic heterocycles. The third kappa shape index (κ3) is 7.97. The Labute approximate surface area is 149 Å². The summed E-state index contributed by atoms with van der Waals surface area (Å²) in [5, 5.41) is 0. The van der Waals surface area contributed by atoms with E-state index in [1.807, 2.05) is 0 Å². The van der Waals surface area contributed by atoms with Crippen LogP contribution >= 0.6 is 0 Å². The first-order valence-corrected chi connectivity index (χ1v) is 9.96. The van der Waals surface area contributed by atoms with E-state index in [9.17, 15) is 0 Å². The molecule has 0 amide bonds. The molecule has 0 spiro atoms. The van der Waals surface area contributed by atoms with Gasteiger partial charge in [0.2, 0.25) is 0 Å². The summed E-state index contributed by atoms with van der Waals surface area (Å²) in [6.07, 6.45) is 24.2. The zero-order valence-corrected chi connectivity index (χ0v) is 15.3. The van der Waals surface area contributed by atoms with Crippen molar-refractivity contribution in [2.45, 2.75) is 77.2 Å². The van der Waals surface area contributed by atoms with Crippen LogP contribution in [0.25, 0.3) is 0 Å². The number of hydrogen-bond acceptors (Lipinski definition) is 1. The van der Waals surface area contributed by atoms with E-state index in [1.54, 1.807) is 0 Å². The predicted octanol–water partition coefficient (Wildman–Crippen LogP) is 6.33. The third-order valence-corrected chi connectivity index (χ3v) is 5.13. The molecule has 0 atom stereocenters. The van der Waals surface area contributed by atoms with Crippen LogP contribution in [0.4, 0.5) is 0 Å². The normalized spacial score (nSPS) is 16.4. The molecule has 1 aliphatic rings. The van der Waals surface area contributed by atoms with Crippen LogP contribution in [0.1, 0.15) is 75.3 Å². The Bertz CT molecular complexity index is 477. The molecule has 0 saturated heterocycles. The van der Waals surface area contributed by atoms with Crippen molar-refractivity contribution in [3.8, 4) is 0 Å². The van der Waals surface area contributed by atoms with Crippen molar-refractivity contribution in [3.63, 3.8) is 0 Å². The minimum atomic E-state index is 0.630. The van der Waals surface area contributed by atoms with E-state index in [0.29, 0.717) is 6.54 Å². The number of nitrogens with two attached hydrogens (primary N) is 1. The molecule has 1 aromatic rings. The maximum atomic E-state index is 5.62. The van der Waals surface area contributed by atoms with Crippen LogP contribution in [0.2, 0.25) is 0 Å². The summed E-state index contributed by atoms with van der Waals surface area (Å²) in [4.78, 5) is 0. The molecule has 0 radical (unpaired) electrons. The van der Waals surface area contributed by atoms with Crippen LogP contribution in [-0.2, 0) is 13.0 Å². The highest BCUT2D eigenvalue weighted by molar-refractivity contribution is 5.23. The second-order valence-corrected chi connectivity index (χ2v) is 7.19. The summed E-state index contributed by atoms with van der Waals surface area (Å²) in [5.41, 5.74) is 8.19. The molecule has 1 heteroatoms. The first-order valence-electron chi connectivity index (χ1n) is 9.96. The van der Waals surface area contributed by atoms with E-state index in [4.69, 9.17) is 5.73 Å². The van der Waals surface area contributed by atoms with Gasteiger partial charge in [0.1, 0.15) is 0 Å². The highest BCUT2D eigenvalue weighted by Crippen LogP contribution is 2.26. The fraction of sp³-hybridized carbons (Fsp3) is 0.565. The predicted molar refractivity (Wildman–Crippen MR) is 106 cm³/mol. The topological polar surface area (TPSA) is 26.0 Å². The summed E-state index contributed by atoms with van der Waals surface area (Å²) in [7, 11) is 0. The monoisotopic (exact) mass is 325 g/mol. The van der Waals surface area contributed by atoms with Crippen LogP contribution in [-0.4, -0.2) is 0 Å². The molecule has 132 valence electrons. The average molecular weight is 326 g/mol. The van der Waals surface area contributed by atoms with Crippen molar-refractivity contribution in [2.75, 3.05) is 0 Å². The van der Waals surface area contributed by atoms with E-state index in [-0.39, 0.29) is 0 Å². The van der Waals surface area contributed by atoms with Crippen molar-refractivity contribution >= 4 is 0 Å². The van der Waals surface area contributed by atoms with Gasteiger partial charge in [-0.05, 0) is 55.6 Å². The summed E-state index contributed by atoms with van der Waals surface area (Å²) in [6.45, 7) is 0.630. The molecular formula is C23H35N. The summed E-state index contributed by atoms with van der Waals surface area (Å²) in [6, 6.07) is 8.62. The Hall–Kier alpha value is -1.34. The molecule has 1 aromatic carbocycles. The van der Waals surface area contributed by atoms with Gasteiger partial charge in [0.05, 0.1) is 0 Å². The Balaban J connectivity index is 1.46. The molecule has 2 rings (SSSR count). The largest absolute Gasteiger partial charge is 0.326 e. The van der Waals surface area contributed by atoms with Crippen molar-refractivity contribution in [1.82, 2.24) is 0 Å². The van der Waals surface area contributed by atoms with Crippen LogP contribution < -0.4 is 5.73 Å². The second kappa shape index (κ2) is 12.1. The van der Waals surface area contributed by atoms with Gasteiger partial charge < -0.3 is 5.73 Å². The average Bonchev–Trinajstić information content (AvgIpc) is 2.64. The van der Waals surface area contributed by atoms with E-state index >= 15 is 0 Å². The lowest BCUT2D eigenvalue weighted by Gasteiger charge is -2.19. The molecule has 1 saturated carbocycles. The van der Waals surface area contributed by atoms with E-state index in [0.717, 1.165) is 12.3 Å². The lowest BCUT2D eigenvalue weighted by molar-refractivity contribution is 0.361. The first-order chi connectivity index (χ1) is 11.9. The van der Waals surface area contributed by atoms with Gasteiger partial charge in [0.25, 0.3) is 0 Å². The number of allylic oxidation sites excluding steroid dienone is 4. The first kappa shape index (κ1) is 19.0. The van der Waals surface area contributed by atoms with Crippen LogP contribution in [0.3, 0.4) is 0 Å². The molecular weight excluding hydrogens is 290 g/mol. The maximum Gasteiger partial charge on any atom is 0.0178 e. The number of rotatable bonds is 10. The lowest BCUT2D eigenvalue weighted by atomic mass is 9.87. The van der Waals surface area contributed by atoms with Crippen LogP contribution in [0, 0.1) is 5.92 Å². The zero-order valence-electron chi connectivity index (χ0n) is 15.3. The molecule has 24 heavy (non-hydrogen) atoms. The van der Waals surface area contributed by atoms with Crippen molar-refractivity contribution in [1.29, 1.82) is 0 Å². The molecule has 0 unspecified atom stereocenters. The molecule has 2 N–H and O–H groups in total. The Morgan fingerprint density at radius 2 is 1.42 bits per heavy atom. The van der Waals surface area contributed by atoms with Gasteiger partial charge in [-0.2, -0.15) is 0 Å². The highest BCUT2D eigenvalue weighted by Gasteiger charge is 2.10. The Morgan fingerprint density at radius 1 is 0.792 bits per heavy atom. The second-order valence-electron chi connectivity index (χ2n) is 7.19. The zero-order chi connectivity index (χ0) is 16.9. The summed E-state index contributed by atoms with van der Waals surface area (Å²) in [5.74, 6) is 0.983. The van der Waals surface area contributed by atoms with Gasteiger partial charge in [-0.25, -0.2) is 0 Å². The number of hydrogen-bond donors (Lipinski definition) is 1. The SMILES string of the molecule is NCc1ccc(C/C=C/CCCC/C=C/CC2CCCCC2)cc1. The smallest absolute Gasteiger partial charge is 0.0178 e. The molecule has 1 nitrogen and oxygen atoms in total. The minimum absolute atomic E-state index is 0.630. The fourth-order valence-electron chi connectivity index (χ4n) is 3.50. The van der Waals surface area contributed by atoms with Gasteiger partial charge in [-0.15, -0.1) is 0 Å². The van der Waals surface area contributed by atoms with Crippen LogP contribution in [0.5, 0.6) is 0 Å². The number of unbranched alkanes of at least 4 members (excludes halogenated alkanes) is 3. The molecule has 0 bridgehead atoms. The van der Waals surface area contributed by atoms with Crippen molar-refractivity contribution in [2.24, 2.45) is 11.7 Å². The molecule has 0 aliphatic heterocycles. The Morgan fingerprint density at radius 3 is 2.08 bits per heavy atom. The van der Waals surface area contributed by atoms with E-state index in [2.05, 4.69) is 48.6 Å². The maximum absolute atomic E-state index is 5.62. The highest BCUT2D eigenvalue weighted by atomic mass is 14.5. The Kier molecular flexibility index (Phi) is 9.56. The van der Waals surface area contributed by atoms with Crippen molar-refractivity contribution < 1.29 is 0 Å². The fourth-order valence-corrected chi connectivity index (χ4v) is 3.50. The van der Waals surface area contributed by atoms with Gasteiger partial charge in [0, 0.05) is 6.54 Å². The number of benzene rings is 1. The summed E-state index contributed by atoms with van der Waals surface area (Å²) >= 11 is 0. The third-order valence-electron chi connectivity index (χ3n) is 5.13. The molecule has 0 heterocycles. The van der Waals surface area contributed by atoms with Gasteiger partial charge in [0.15, 0.2) is 0 Å². The molecule has 1 aliphatic carbocycles. The molecule has 1 fully saturated rings. The minimum Gasteiger partial charge on any atom is -0.326 e. The van der Waals surface area contributed by atoms with Crippen LogP contribution in [0.15, 0.2) is 48.6 Å². The lowest BCUT2D eigenvalue weighted by Crippen LogP contribution is -2.04. The quantitative estimate of drug-likeness (QED) is 0.395. The van der Waals surface area contributed by atoms with E-state index in [1.165, 1.54) is 75.3 Å². The van der Waals surface area contributed by atoms with Gasteiger partial charge >= 0.3 is 0 Å². The van der Waals surface area contributed by atoms with Gasteiger partial charge in [-0.1, -0.05) is 80.7 Å². The van der Waals surface area contributed by atoms with E-state index < -0.39 is 0 Å². The van der Waals surface area contributed by atoms with Gasteiger partial charge in [-0.3, -0.25) is 0 Å². The standard InChI is InChI=1S/C23H35N/c24-20-23-18-16-22(17-19-23)15-9-6-4-2-1-3-5-8-12-21-13-10-7-11-14-21/h5-6,8-9,16-19,21H,1-4,7,10-15,20,24H2/b8-5+,9-6+.